The van der Waals surface area contributed by atoms with Crippen molar-refractivity contribution in [3.63, 3.8) is 0 Å². The molecule has 1 aliphatic heterocycles. The van der Waals surface area contributed by atoms with Gasteiger partial charge in [-0.05, 0) is 23.8 Å². The monoisotopic (exact) mass is 296 g/mol. The summed E-state index contributed by atoms with van der Waals surface area (Å²) in [4.78, 5) is 22.9. The molecule has 0 bridgehead atoms. The summed E-state index contributed by atoms with van der Waals surface area (Å²) in [5.74, 6) is -4.14. The zero-order valence-corrected chi connectivity index (χ0v) is 11.9. The zero-order valence-electron chi connectivity index (χ0n) is 11.2. The molecule has 20 heavy (non-hydrogen) atoms. The molecule has 0 saturated heterocycles. The van der Waals surface area contributed by atoms with Gasteiger partial charge in [-0.2, -0.15) is 4.39 Å². The fourth-order valence-corrected chi connectivity index (χ4v) is 2.23. The summed E-state index contributed by atoms with van der Waals surface area (Å²) in [5, 5.41) is 0.565. The highest BCUT2D eigenvalue weighted by atomic mass is 35.5. The quantitative estimate of drug-likeness (QED) is 0.856. The predicted molar refractivity (Wildman–Crippen MR) is 73.2 cm³/mol. The van der Waals surface area contributed by atoms with Crippen molar-refractivity contribution in [2.75, 3.05) is 0 Å². The maximum Gasteiger partial charge on any atom is 0.307 e. The Bertz CT molecular complexity index is 579. The first kappa shape index (κ1) is 14.7. The lowest BCUT2D eigenvalue weighted by molar-refractivity contribution is -0.168. The summed E-state index contributed by atoms with van der Waals surface area (Å²) in [6.45, 7) is 2.39. The molecule has 0 spiro atoms. The lowest BCUT2D eigenvalue weighted by atomic mass is 9.88. The van der Waals surface area contributed by atoms with Crippen molar-refractivity contribution in [3.05, 3.63) is 46.7 Å². The fraction of sp³-hybridized carbons (Fsp3) is 0.333. The van der Waals surface area contributed by atoms with E-state index >= 15 is 0 Å². The van der Waals surface area contributed by atoms with Gasteiger partial charge in [0.2, 0.25) is 5.78 Å². The van der Waals surface area contributed by atoms with Gasteiger partial charge in [-0.3, -0.25) is 9.59 Å². The molecule has 1 aromatic rings. The molecule has 5 heteroatoms. The van der Waals surface area contributed by atoms with E-state index in [1.165, 1.54) is 6.92 Å². The van der Waals surface area contributed by atoms with E-state index in [0.29, 0.717) is 5.02 Å². The maximum atomic E-state index is 14.5. The van der Waals surface area contributed by atoms with E-state index < -0.39 is 23.3 Å². The number of halogens is 2. The summed E-state index contributed by atoms with van der Waals surface area (Å²) in [7, 11) is 0. The molecule has 1 heterocycles. The third-order valence-electron chi connectivity index (χ3n) is 3.28. The fourth-order valence-electron chi connectivity index (χ4n) is 2.10. The number of allylic oxidation sites excluding steroid dienone is 2. The summed E-state index contributed by atoms with van der Waals surface area (Å²) >= 11 is 5.81. The van der Waals surface area contributed by atoms with Crippen LogP contribution in [-0.2, 0) is 14.3 Å². The molecule has 0 aromatic heterocycles. The molecule has 0 fully saturated rings. The third kappa shape index (κ3) is 2.90. The van der Waals surface area contributed by atoms with Crippen molar-refractivity contribution in [2.45, 2.75) is 32.0 Å². The van der Waals surface area contributed by atoms with Crippen molar-refractivity contribution >= 4 is 23.2 Å². The number of alkyl halides is 1. The molecule has 0 N–H and O–H groups in total. The van der Waals surface area contributed by atoms with Gasteiger partial charge in [0.25, 0.3) is 0 Å². The van der Waals surface area contributed by atoms with E-state index in [9.17, 15) is 14.0 Å². The number of hydrogen-bond donors (Lipinski definition) is 0. The number of rotatable bonds is 3. The Morgan fingerprint density at radius 3 is 2.40 bits per heavy atom. The van der Waals surface area contributed by atoms with Gasteiger partial charge < -0.3 is 4.74 Å². The van der Waals surface area contributed by atoms with Crippen LogP contribution in [0.2, 0.25) is 5.02 Å². The number of ether oxygens (including phenoxy) is 1. The van der Waals surface area contributed by atoms with Crippen LogP contribution in [-0.4, -0.2) is 17.4 Å². The van der Waals surface area contributed by atoms with Crippen LogP contribution in [0.25, 0.3) is 0 Å². The van der Waals surface area contributed by atoms with E-state index in [0.717, 1.165) is 12.5 Å². The van der Waals surface area contributed by atoms with Crippen molar-refractivity contribution in [1.82, 2.24) is 0 Å². The van der Waals surface area contributed by atoms with Gasteiger partial charge in [0.1, 0.15) is 0 Å². The van der Waals surface area contributed by atoms with Gasteiger partial charge in [0.15, 0.2) is 11.5 Å². The number of benzene rings is 1. The Morgan fingerprint density at radius 1 is 1.30 bits per heavy atom. The van der Waals surface area contributed by atoms with Crippen LogP contribution in [0.5, 0.6) is 0 Å². The minimum Gasteiger partial charge on any atom is -0.448 e. The Hall–Kier alpha value is -1.68. The third-order valence-corrected chi connectivity index (χ3v) is 3.53. The number of carbonyl (C=O) groups is 2. The van der Waals surface area contributed by atoms with Crippen LogP contribution in [0.1, 0.15) is 31.7 Å². The molecule has 2 unspecified atom stereocenters. The van der Waals surface area contributed by atoms with Gasteiger partial charge in [0.05, 0.1) is 0 Å². The molecule has 0 amide bonds. The topological polar surface area (TPSA) is 43.4 Å². The smallest absolute Gasteiger partial charge is 0.307 e. The molecule has 1 aliphatic rings. The Kier molecular flexibility index (Phi) is 3.95. The zero-order chi connectivity index (χ0) is 14.9. The number of hydrogen-bond acceptors (Lipinski definition) is 3. The molecule has 1 aromatic carbocycles. The molecular formula is C15H14ClFO3. The summed E-state index contributed by atoms with van der Waals surface area (Å²) in [6, 6.07) is 6.85. The number of Topliss-reactive ketones (excluding diaryl/α,β-unsaturated/α-hetero) is 2. The lowest BCUT2D eigenvalue weighted by Gasteiger charge is -2.32. The van der Waals surface area contributed by atoms with Crippen molar-refractivity contribution < 1.29 is 18.7 Å². The van der Waals surface area contributed by atoms with Crippen molar-refractivity contribution in [3.8, 4) is 0 Å². The van der Waals surface area contributed by atoms with Crippen LogP contribution < -0.4 is 0 Å². The van der Waals surface area contributed by atoms with Crippen LogP contribution in [0, 0.1) is 0 Å². The first-order chi connectivity index (χ1) is 9.32. The second-order valence-electron chi connectivity index (χ2n) is 4.84. The molecule has 0 aliphatic carbocycles. The average Bonchev–Trinajstić information content (AvgIpc) is 2.38. The second-order valence-corrected chi connectivity index (χ2v) is 5.27. The minimum atomic E-state index is -2.46. The van der Waals surface area contributed by atoms with Gasteiger partial charge >= 0.3 is 5.85 Å². The van der Waals surface area contributed by atoms with Crippen LogP contribution >= 0.6 is 11.6 Å². The first-order valence-electron chi connectivity index (χ1n) is 6.19. The maximum absolute atomic E-state index is 14.5. The normalized spacial score (nSPS) is 25.6. The van der Waals surface area contributed by atoms with E-state index in [2.05, 4.69) is 0 Å². The SMILES string of the molecule is CC(=O)C1=CC(c2ccc(Cl)cc2)CC(F)(C(C)=O)O1. The van der Waals surface area contributed by atoms with Crippen LogP contribution in [0.3, 0.4) is 0 Å². The average molecular weight is 297 g/mol. The largest absolute Gasteiger partial charge is 0.448 e. The first-order valence-corrected chi connectivity index (χ1v) is 6.57. The van der Waals surface area contributed by atoms with Crippen molar-refractivity contribution in [2.24, 2.45) is 0 Å². The molecule has 2 atom stereocenters. The Balaban J connectivity index is 2.41. The highest BCUT2D eigenvalue weighted by Gasteiger charge is 2.44. The predicted octanol–water partition coefficient (Wildman–Crippen LogP) is 3.57. The molecular weight excluding hydrogens is 283 g/mol. The standard InChI is InChI=1S/C15H14ClFO3/c1-9(18)14-7-12(8-15(17,20-14)10(2)19)11-3-5-13(16)6-4-11/h3-7,12H,8H2,1-2H3. The molecule has 106 valence electrons. The van der Waals surface area contributed by atoms with Gasteiger partial charge in [-0.25, -0.2) is 0 Å². The van der Waals surface area contributed by atoms with E-state index in [4.69, 9.17) is 16.3 Å². The van der Waals surface area contributed by atoms with E-state index in [1.54, 1.807) is 30.3 Å². The molecule has 2 rings (SSSR count). The van der Waals surface area contributed by atoms with Crippen LogP contribution in [0.15, 0.2) is 36.1 Å². The van der Waals surface area contributed by atoms with Crippen LogP contribution in [0.4, 0.5) is 4.39 Å². The van der Waals surface area contributed by atoms with E-state index in [-0.39, 0.29) is 12.2 Å². The van der Waals surface area contributed by atoms with E-state index in [1.807, 2.05) is 0 Å². The number of carbonyl (C=O) groups excluding carboxylic acids is 2. The molecule has 0 radical (unpaired) electrons. The lowest BCUT2D eigenvalue weighted by Crippen LogP contribution is -2.40. The molecule has 3 nitrogen and oxygen atoms in total. The Morgan fingerprint density at radius 2 is 1.90 bits per heavy atom. The number of ketones is 2. The van der Waals surface area contributed by atoms with Crippen molar-refractivity contribution in [1.29, 1.82) is 0 Å². The second kappa shape index (κ2) is 5.37. The summed E-state index contributed by atoms with van der Waals surface area (Å²) in [6.07, 6.45) is 1.40. The minimum absolute atomic E-state index is 0.117. The Labute approximate surface area is 121 Å². The molecule has 0 saturated carbocycles. The highest BCUT2D eigenvalue weighted by molar-refractivity contribution is 6.30. The summed E-state index contributed by atoms with van der Waals surface area (Å²) in [5.41, 5.74) is 0.778. The van der Waals surface area contributed by atoms with Gasteiger partial charge in [-0.15, -0.1) is 0 Å². The summed E-state index contributed by atoms with van der Waals surface area (Å²) < 4.78 is 19.5. The van der Waals surface area contributed by atoms with Gasteiger partial charge in [-0.1, -0.05) is 23.7 Å². The highest BCUT2D eigenvalue weighted by Crippen LogP contribution is 2.39. The van der Waals surface area contributed by atoms with Gasteiger partial charge in [0, 0.05) is 31.2 Å².